The van der Waals surface area contributed by atoms with Crippen LogP contribution < -0.4 is 5.32 Å². The molecule has 0 unspecified atom stereocenters. The second-order valence-electron chi connectivity index (χ2n) is 7.94. The summed E-state index contributed by atoms with van der Waals surface area (Å²) in [5.41, 5.74) is -0.474. The zero-order valence-corrected chi connectivity index (χ0v) is 17.9. The first-order chi connectivity index (χ1) is 12.7. The molecule has 2 amide bonds. The van der Waals surface area contributed by atoms with Crippen molar-refractivity contribution in [2.24, 2.45) is 5.92 Å². The van der Waals surface area contributed by atoms with Crippen molar-refractivity contribution < 1.29 is 14.3 Å². The average Bonchev–Trinajstić information content (AvgIpc) is 3.01. The van der Waals surface area contributed by atoms with Crippen LogP contribution in [0.15, 0.2) is 24.8 Å². The molecule has 1 aromatic heterocycles. The molecule has 27 heavy (non-hydrogen) atoms. The fourth-order valence-corrected chi connectivity index (χ4v) is 4.13. The van der Waals surface area contributed by atoms with Gasteiger partial charge in [0.05, 0.1) is 9.21 Å². The minimum Gasteiger partial charge on any atom is -0.444 e. The second kappa shape index (κ2) is 9.60. The average molecular weight is 413 g/mol. The van der Waals surface area contributed by atoms with Gasteiger partial charge in [0.25, 0.3) is 5.91 Å². The summed E-state index contributed by atoms with van der Waals surface area (Å²) < 4.78 is 6.05. The van der Waals surface area contributed by atoms with Gasteiger partial charge in [0.1, 0.15) is 5.60 Å². The minimum atomic E-state index is -0.474. The molecule has 1 N–H and O–H groups in total. The number of ether oxygens (including phenoxy) is 1. The standard InChI is InChI=1S/C20H29ClN2O3S/c1-5-6-15(22-18(24)16-7-8-17(21)27-16)13-14-9-11-23(12-10-14)19(25)26-20(2,3)4/h5,7-8,14-15H,1,6,9-13H2,2-4H3,(H,22,24)/t15-/m1/s1. The fourth-order valence-electron chi connectivity index (χ4n) is 3.19. The number of amides is 2. The Bertz CT molecular complexity index is 660. The molecule has 2 heterocycles. The Morgan fingerprint density at radius 1 is 1.41 bits per heavy atom. The van der Waals surface area contributed by atoms with Crippen LogP contribution in [0.2, 0.25) is 4.34 Å². The van der Waals surface area contributed by atoms with Gasteiger partial charge in [-0.1, -0.05) is 17.7 Å². The van der Waals surface area contributed by atoms with Gasteiger partial charge in [0, 0.05) is 19.1 Å². The number of rotatable bonds is 6. The fraction of sp³-hybridized carbons (Fsp3) is 0.600. The van der Waals surface area contributed by atoms with E-state index in [1.807, 2.05) is 26.8 Å². The van der Waals surface area contributed by atoms with Crippen molar-refractivity contribution in [2.45, 2.75) is 58.1 Å². The zero-order valence-electron chi connectivity index (χ0n) is 16.3. The summed E-state index contributed by atoms with van der Waals surface area (Å²) in [6.45, 7) is 10.8. The van der Waals surface area contributed by atoms with Gasteiger partial charge in [-0.05, 0) is 64.5 Å². The normalized spacial score (nSPS) is 16.7. The molecule has 7 heteroatoms. The van der Waals surface area contributed by atoms with Crippen LogP contribution in [0.3, 0.4) is 0 Å². The summed E-state index contributed by atoms with van der Waals surface area (Å²) in [5, 5.41) is 3.10. The van der Waals surface area contributed by atoms with Crippen molar-refractivity contribution in [1.82, 2.24) is 10.2 Å². The minimum absolute atomic E-state index is 0.0361. The number of piperidine rings is 1. The topological polar surface area (TPSA) is 58.6 Å². The number of nitrogens with zero attached hydrogens (tertiary/aromatic N) is 1. The number of likely N-dealkylation sites (tertiary alicyclic amines) is 1. The number of thiophene rings is 1. The van der Waals surface area contributed by atoms with Crippen LogP contribution in [0.4, 0.5) is 4.79 Å². The smallest absolute Gasteiger partial charge is 0.410 e. The predicted molar refractivity (Wildman–Crippen MR) is 111 cm³/mol. The SMILES string of the molecule is C=CC[C@H](CC1CCN(C(=O)OC(C)(C)C)CC1)NC(=O)c1ccc(Cl)s1. The first kappa shape index (κ1) is 21.8. The molecule has 0 bridgehead atoms. The first-order valence-electron chi connectivity index (χ1n) is 9.33. The maximum Gasteiger partial charge on any atom is 0.410 e. The quantitative estimate of drug-likeness (QED) is 0.660. The van der Waals surface area contributed by atoms with Crippen LogP contribution in [-0.4, -0.2) is 41.6 Å². The van der Waals surface area contributed by atoms with E-state index in [1.165, 1.54) is 11.3 Å². The summed E-state index contributed by atoms with van der Waals surface area (Å²) in [6.07, 6.45) is 5.01. The highest BCUT2D eigenvalue weighted by Crippen LogP contribution is 2.25. The molecule has 1 saturated heterocycles. The van der Waals surface area contributed by atoms with Crippen LogP contribution in [0.1, 0.15) is 56.1 Å². The van der Waals surface area contributed by atoms with Crippen LogP contribution in [0.5, 0.6) is 0 Å². The van der Waals surface area contributed by atoms with Gasteiger partial charge >= 0.3 is 6.09 Å². The van der Waals surface area contributed by atoms with E-state index in [1.54, 1.807) is 17.0 Å². The van der Waals surface area contributed by atoms with E-state index < -0.39 is 5.60 Å². The highest BCUT2D eigenvalue weighted by atomic mass is 35.5. The van der Waals surface area contributed by atoms with Gasteiger partial charge in [-0.3, -0.25) is 4.79 Å². The maximum absolute atomic E-state index is 12.4. The second-order valence-corrected chi connectivity index (χ2v) is 9.66. The maximum atomic E-state index is 12.4. The molecule has 0 radical (unpaired) electrons. The number of carbonyl (C=O) groups is 2. The molecule has 0 saturated carbocycles. The molecule has 0 aromatic carbocycles. The van der Waals surface area contributed by atoms with E-state index in [-0.39, 0.29) is 18.0 Å². The van der Waals surface area contributed by atoms with Crippen LogP contribution in [0.25, 0.3) is 0 Å². The molecule has 1 aromatic rings. The Balaban J connectivity index is 1.84. The van der Waals surface area contributed by atoms with Crippen molar-refractivity contribution in [3.8, 4) is 0 Å². The van der Waals surface area contributed by atoms with Crippen molar-refractivity contribution in [3.63, 3.8) is 0 Å². The first-order valence-corrected chi connectivity index (χ1v) is 10.5. The zero-order chi connectivity index (χ0) is 20.0. The van der Waals surface area contributed by atoms with Gasteiger partial charge < -0.3 is 15.0 Å². The highest BCUT2D eigenvalue weighted by molar-refractivity contribution is 7.18. The third-order valence-corrected chi connectivity index (χ3v) is 5.70. The Morgan fingerprint density at radius 3 is 2.59 bits per heavy atom. The third kappa shape index (κ3) is 7.18. The summed E-state index contributed by atoms with van der Waals surface area (Å²) >= 11 is 7.20. The van der Waals surface area contributed by atoms with Crippen LogP contribution in [0, 0.1) is 5.92 Å². The van der Waals surface area contributed by atoms with E-state index in [4.69, 9.17) is 16.3 Å². The lowest BCUT2D eigenvalue weighted by atomic mass is 9.89. The number of carbonyl (C=O) groups excluding carboxylic acids is 2. The van der Waals surface area contributed by atoms with Crippen molar-refractivity contribution >= 4 is 34.9 Å². The molecule has 1 fully saturated rings. The van der Waals surface area contributed by atoms with Crippen molar-refractivity contribution in [3.05, 3.63) is 34.0 Å². The van der Waals surface area contributed by atoms with Crippen molar-refractivity contribution in [2.75, 3.05) is 13.1 Å². The largest absolute Gasteiger partial charge is 0.444 e. The Kier molecular flexibility index (Phi) is 7.74. The molecular weight excluding hydrogens is 384 g/mol. The molecule has 2 rings (SSSR count). The Morgan fingerprint density at radius 2 is 2.07 bits per heavy atom. The van der Waals surface area contributed by atoms with E-state index in [0.717, 1.165) is 25.7 Å². The summed E-state index contributed by atoms with van der Waals surface area (Å²) in [6, 6.07) is 3.51. The van der Waals surface area contributed by atoms with E-state index in [2.05, 4.69) is 11.9 Å². The lowest BCUT2D eigenvalue weighted by Crippen LogP contribution is -2.43. The third-order valence-electron chi connectivity index (χ3n) is 4.47. The molecule has 1 aliphatic rings. The van der Waals surface area contributed by atoms with Gasteiger partial charge in [-0.15, -0.1) is 17.9 Å². The van der Waals surface area contributed by atoms with E-state index >= 15 is 0 Å². The predicted octanol–water partition coefficient (Wildman–Crippen LogP) is 5.11. The number of nitrogens with one attached hydrogen (secondary N) is 1. The highest BCUT2D eigenvalue weighted by Gasteiger charge is 2.28. The van der Waals surface area contributed by atoms with Gasteiger partial charge in [0.15, 0.2) is 0 Å². The number of hydrogen-bond acceptors (Lipinski definition) is 4. The van der Waals surface area contributed by atoms with Gasteiger partial charge in [0.2, 0.25) is 0 Å². The summed E-state index contributed by atoms with van der Waals surface area (Å²) in [5.74, 6) is 0.366. The van der Waals surface area contributed by atoms with Crippen molar-refractivity contribution in [1.29, 1.82) is 0 Å². The van der Waals surface area contributed by atoms with E-state index in [9.17, 15) is 9.59 Å². The molecule has 1 aliphatic heterocycles. The monoisotopic (exact) mass is 412 g/mol. The lowest BCUT2D eigenvalue weighted by molar-refractivity contribution is 0.0178. The van der Waals surface area contributed by atoms with Crippen LogP contribution in [-0.2, 0) is 4.74 Å². The van der Waals surface area contributed by atoms with Gasteiger partial charge in [-0.25, -0.2) is 4.79 Å². The molecule has 5 nitrogen and oxygen atoms in total. The molecule has 150 valence electrons. The molecule has 0 aliphatic carbocycles. The Labute approximate surface area is 170 Å². The lowest BCUT2D eigenvalue weighted by Gasteiger charge is -2.34. The Hall–Kier alpha value is -1.53. The molecule has 1 atom stereocenters. The number of halogens is 1. The van der Waals surface area contributed by atoms with E-state index in [0.29, 0.717) is 28.2 Å². The molecular formula is C20H29ClN2O3S. The summed E-state index contributed by atoms with van der Waals surface area (Å²) in [7, 11) is 0. The van der Waals surface area contributed by atoms with Crippen LogP contribution >= 0.6 is 22.9 Å². The van der Waals surface area contributed by atoms with Gasteiger partial charge in [-0.2, -0.15) is 0 Å². The molecule has 0 spiro atoms. The summed E-state index contributed by atoms with van der Waals surface area (Å²) in [4.78, 5) is 27.0. The number of hydrogen-bond donors (Lipinski definition) is 1.